The van der Waals surface area contributed by atoms with E-state index in [9.17, 15) is 0 Å². The predicted molar refractivity (Wildman–Crippen MR) is 59.3 cm³/mol. The Balaban J connectivity index is 4.17. The van der Waals surface area contributed by atoms with E-state index in [4.69, 9.17) is 10.2 Å². The second-order valence-electron chi connectivity index (χ2n) is 4.22. The Morgan fingerprint density at radius 3 is 1.71 bits per heavy atom. The van der Waals surface area contributed by atoms with Gasteiger partial charge in [-0.2, -0.15) is 0 Å². The van der Waals surface area contributed by atoms with Gasteiger partial charge in [0.25, 0.3) is 0 Å². The summed E-state index contributed by atoms with van der Waals surface area (Å²) >= 11 is 0. The quantitative estimate of drug-likeness (QED) is 0.621. The monoisotopic (exact) mass is 203 g/mol. The fraction of sp³-hybridized carbons (Fsp3) is 1.00. The van der Waals surface area contributed by atoms with E-state index in [2.05, 4.69) is 25.7 Å². The van der Waals surface area contributed by atoms with Crippen LogP contribution in [-0.2, 0) is 0 Å². The topological polar surface area (TPSA) is 43.7 Å². The molecular formula is C11H25NO2. The molecule has 0 radical (unpaired) electrons. The summed E-state index contributed by atoms with van der Waals surface area (Å²) in [5.74, 6) is 0. The van der Waals surface area contributed by atoms with Crippen LogP contribution < -0.4 is 0 Å². The number of rotatable bonds is 8. The summed E-state index contributed by atoms with van der Waals surface area (Å²) < 4.78 is 0. The first-order valence-corrected chi connectivity index (χ1v) is 5.56. The standard InChI is InChI=1S/C11H25NO2/c1-4-12(5-2)10-11(3,6-8-13)7-9-14/h13-14H,4-10H2,1-3H3. The van der Waals surface area contributed by atoms with Crippen LogP contribution in [-0.4, -0.2) is 48.0 Å². The van der Waals surface area contributed by atoms with Crippen molar-refractivity contribution in [1.29, 1.82) is 0 Å². The molecule has 0 bridgehead atoms. The smallest absolute Gasteiger partial charge is 0.0436 e. The van der Waals surface area contributed by atoms with Crippen molar-refractivity contribution in [1.82, 2.24) is 4.90 Å². The van der Waals surface area contributed by atoms with Crippen molar-refractivity contribution >= 4 is 0 Å². The highest BCUT2D eigenvalue weighted by Gasteiger charge is 2.25. The fourth-order valence-corrected chi connectivity index (χ4v) is 1.81. The Bertz CT molecular complexity index is 129. The first kappa shape index (κ1) is 13.9. The van der Waals surface area contributed by atoms with Crippen molar-refractivity contribution in [3.05, 3.63) is 0 Å². The summed E-state index contributed by atoms with van der Waals surface area (Å²) in [6.45, 7) is 9.85. The molecule has 0 spiro atoms. The van der Waals surface area contributed by atoms with E-state index in [0.717, 1.165) is 32.5 Å². The molecule has 0 fully saturated rings. The third-order valence-electron chi connectivity index (χ3n) is 2.93. The number of aliphatic hydroxyl groups excluding tert-OH is 2. The molecule has 0 amide bonds. The van der Waals surface area contributed by atoms with E-state index >= 15 is 0 Å². The minimum Gasteiger partial charge on any atom is -0.396 e. The summed E-state index contributed by atoms with van der Waals surface area (Å²) in [5, 5.41) is 18.0. The van der Waals surface area contributed by atoms with Gasteiger partial charge in [0.1, 0.15) is 0 Å². The van der Waals surface area contributed by atoms with E-state index in [-0.39, 0.29) is 18.6 Å². The highest BCUT2D eigenvalue weighted by atomic mass is 16.3. The van der Waals surface area contributed by atoms with Crippen LogP contribution in [0.25, 0.3) is 0 Å². The number of nitrogens with zero attached hydrogens (tertiary/aromatic N) is 1. The van der Waals surface area contributed by atoms with Crippen molar-refractivity contribution in [2.45, 2.75) is 33.6 Å². The lowest BCUT2D eigenvalue weighted by molar-refractivity contribution is 0.101. The van der Waals surface area contributed by atoms with E-state index in [1.807, 2.05) is 0 Å². The Morgan fingerprint density at radius 2 is 1.43 bits per heavy atom. The predicted octanol–water partition coefficient (Wildman–Crippen LogP) is 1.10. The van der Waals surface area contributed by atoms with Gasteiger partial charge in [0.15, 0.2) is 0 Å². The van der Waals surface area contributed by atoms with Gasteiger partial charge < -0.3 is 15.1 Å². The highest BCUT2D eigenvalue weighted by molar-refractivity contribution is 4.77. The van der Waals surface area contributed by atoms with Crippen LogP contribution in [0.15, 0.2) is 0 Å². The molecule has 0 rings (SSSR count). The maximum atomic E-state index is 8.99. The molecule has 0 aromatic rings. The van der Waals surface area contributed by atoms with Crippen molar-refractivity contribution in [2.24, 2.45) is 5.41 Å². The highest BCUT2D eigenvalue weighted by Crippen LogP contribution is 2.26. The van der Waals surface area contributed by atoms with Crippen molar-refractivity contribution in [2.75, 3.05) is 32.8 Å². The lowest BCUT2D eigenvalue weighted by atomic mass is 9.83. The van der Waals surface area contributed by atoms with Gasteiger partial charge in [-0.15, -0.1) is 0 Å². The SMILES string of the molecule is CCN(CC)CC(C)(CCO)CCO. The maximum Gasteiger partial charge on any atom is 0.0436 e. The van der Waals surface area contributed by atoms with Gasteiger partial charge in [-0.05, 0) is 31.3 Å². The Kier molecular flexibility index (Phi) is 7.15. The van der Waals surface area contributed by atoms with Gasteiger partial charge in [0.2, 0.25) is 0 Å². The number of hydrogen-bond donors (Lipinski definition) is 2. The molecule has 0 aliphatic heterocycles. The van der Waals surface area contributed by atoms with E-state index in [1.54, 1.807) is 0 Å². The molecule has 0 aromatic heterocycles. The van der Waals surface area contributed by atoms with Gasteiger partial charge in [0, 0.05) is 19.8 Å². The molecule has 3 heteroatoms. The maximum absolute atomic E-state index is 8.99. The van der Waals surface area contributed by atoms with Crippen LogP contribution in [0.4, 0.5) is 0 Å². The summed E-state index contributed by atoms with van der Waals surface area (Å²) in [5.41, 5.74) is 0.0511. The first-order valence-electron chi connectivity index (χ1n) is 5.56. The van der Waals surface area contributed by atoms with Crippen LogP contribution in [0.5, 0.6) is 0 Å². The molecular weight excluding hydrogens is 178 g/mol. The second kappa shape index (κ2) is 7.21. The zero-order valence-corrected chi connectivity index (χ0v) is 9.79. The molecule has 0 atom stereocenters. The minimum atomic E-state index is 0.0511. The van der Waals surface area contributed by atoms with Crippen LogP contribution in [0.1, 0.15) is 33.6 Å². The molecule has 0 aliphatic carbocycles. The third kappa shape index (κ3) is 4.94. The Morgan fingerprint density at radius 1 is 1.00 bits per heavy atom. The molecule has 0 saturated carbocycles. The molecule has 0 unspecified atom stereocenters. The molecule has 0 aromatic carbocycles. The fourth-order valence-electron chi connectivity index (χ4n) is 1.81. The summed E-state index contributed by atoms with van der Waals surface area (Å²) in [6.07, 6.45) is 1.54. The summed E-state index contributed by atoms with van der Waals surface area (Å²) in [6, 6.07) is 0. The van der Waals surface area contributed by atoms with E-state index < -0.39 is 0 Å². The van der Waals surface area contributed by atoms with Gasteiger partial charge in [0.05, 0.1) is 0 Å². The molecule has 0 saturated heterocycles. The van der Waals surface area contributed by atoms with Crippen molar-refractivity contribution in [3.8, 4) is 0 Å². The lowest BCUT2D eigenvalue weighted by Crippen LogP contribution is -2.37. The number of hydrogen-bond acceptors (Lipinski definition) is 3. The van der Waals surface area contributed by atoms with Crippen LogP contribution in [0.3, 0.4) is 0 Å². The average molecular weight is 203 g/mol. The molecule has 3 nitrogen and oxygen atoms in total. The van der Waals surface area contributed by atoms with E-state index in [0.29, 0.717) is 0 Å². The number of aliphatic hydroxyl groups is 2. The third-order valence-corrected chi connectivity index (χ3v) is 2.93. The molecule has 86 valence electrons. The van der Waals surface area contributed by atoms with Crippen LogP contribution in [0.2, 0.25) is 0 Å². The summed E-state index contributed by atoms with van der Waals surface area (Å²) in [4.78, 5) is 2.34. The van der Waals surface area contributed by atoms with Crippen molar-refractivity contribution < 1.29 is 10.2 Å². The molecule has 0 aliphatic rings. The molecule has 14 heavy (non-hydrogen) atoms. The Hall–Kier alpha value is -0.120. The van der Waals surface area contributed by atoms with Gasteiger partial charge in [-0.25, -0.2) is 0 Å². The molecule has 0 heterocycles. The van der Waals surface area contributed by atoms with Crippen LogP contribution >= 0.6 is 0 Å². The van der Waals surface area contributed by atoms with Gasteiger partial charge in [-0.3, -0.25) is 0 Å². The minimum absolute atomic E-state index is 0.0511. The van der Waals surface area contributed by atoms with E-state index in [1.165, 1.54) is 0 Å². The van der Waals surface area contributed by atoms with Gasteiger partial charge >= 0.3 is 0 Å². The zero-order valence-electron chi connectivity index (χ0n) is 9.79. The lowest BCUT2D eigenvalue weighted by Gasteiger charge is -2.34. The summed E-state index contributed by atoms with van der Waals surface area (Å²) in [7, 11) is 0. The van der Waals surface area contributed by atoms with Crippen LogP contribution in [0, 0.1) is 5.41 Å². The largest absolute Gasteiger partial charge is 0.396 e. The first-order chi connectivity index (χ1) is 6.61. The van der Waals surface area contributed by atoms with Crippen molar-refractivity contribution in [3.63, 3.8) is 0 Å². The normalized spacial score (nSPS) is 12.4. The zero-order chi connectivity index (χ0) is 11.0. The Labute approximate surface area is 87.7 Å². The average Bonchev–Trinajstić information content (AvgIpc) is 2.15. The van der Waals surface area contributed by atoms with Gasteiger partial charge in [-0.1, -0.05) is 20.8 Å². The second-order valence-corrected chi connectivity index (χ2v) is 4.22. The molecule has 2 N–H and O–H groups in total.